The maximum Gasteiger partial charge on any atom is 0.262 e. The van der Waals surface area contributed by atoms with E-state index in [0.717, 1.165) is 25.7 Å². The number of nitrogens with one attached hydrogen (secondary N) is 2. The van der Waals surface area contributed by atoms with Gasteiger partial charge >= 0.3 is 0 Å². The van der Waals surface area contributed by atoms with Crippen LogP contribution in [0.1, 0.15) is 25.7 Å². The van der Waals surface area contributed by atoms with Crippen molar-refractivity contribution in [3.05, 3.63) is 53.6 Å². The summed E-state index contributed by atoms with van der Waals surface area (Å²) in [7, 11) is -3.62. The van der Waals surface area contributed by atoms with Crippen molar-refractivity contribution >= 4 is 33.2 Å². The van der Waals surface area contributed by atoms with Crippen LogP contribution in [0, 0.1) is 0 Å². The Bertz CT molecular complexity index is 897. The Kier molecular flexibility index (Phi) is 6.36. The first-order valence-electron chi connectivity index (χ1n) is 8.73. The third-order valence-electron chi connectivity index (χ3n) is 4.31. The zero-order valence-electron chi connectivity index (χ0n) is 14.7. The summed E-state index contributed by atoms with van der Waals surface area (Å²) in [6, 6.07) is 13.2. The van der Waals surface area contributed by atoms with Gasteiger partial charge in [0.2, 0.25) is 10.0 Å². The maximum atomic E-state index is 12.4. The largest absolute Gasteiger partial charge is 0.482 e. The van der Waals surface area contributed by atoms with E-state index in [9.17, 15) is 13.2 Å². The molecule has 0 spiro atoms. The summed E-state index contributed by atoms with van der Waals surface area (Å²) < 4.78 is 33.0. The van der Waals surface area contributed by atoms with Crippen LogP contribution in [0.15, 0.2) is 53.4 Å². The smallest absolute Gasteiger partial charge is 0.262 e. The lowest BCUT2D eigenvalue weighted by atomic mass is 10.3. The summed E-state index contributed by atoms with van der Waals surface area (Å²) in [6.07, 6.45) is 3.77. The van der Waals surface area contributed by atoms with E-state index < -0.39 is 10.0 Å². The minimum atomic E-state index is -3.62. The van der Waals surface area contributed by atoms with Crippen molar-refractivity contribution in [2.24, 2.45) is 0 Å². The normalized spacial score (nSPS) is 14.9. The lowest BCUT2D eigenvalue weighted by Crippen LogP contribution is -2.32. The third kappa shape index (κ3) is 5.45. The molecule has 1 aliphatic rings. The molecule has 0 unspecified atom stereocenters. The molecule has 0 radical (unpaired) electrons. The highest BCUT2D eigenvalue weighted by Crippen LogP contribution is 2.28. The second kappa shape index (κ2) is 8.73. The van der Waals surface area contributed by atoms with Crippen molar-refractivity contribution in [3.63, 3.8) is 0 Å². The van der Waals surface area contributed by atoms with Crippen LogP contribution in [0.5, 0.6) is 5.75 Å². The topological polar surface area (TPSA) is 84.5 Å². The number of hydrogen-bond donors (Lipinski definition) is 2. The fourth-order valence-corrected chi connectivity index (χ4v) is 4.59. The summed E-state index contributed by atoms with van der Waals surface area (Å²) in [5, 5.41) is 2.83. The highest BCUT2D eigenvalue weighted by Gasteiger charge is 2.23. The third-order valence-corrected chi connectivity index (χ3v) is 6.12. The van der Waals surface area contributed by atoms with E-state index in [0.29, 0.717) is 5.69 Å². The minimum Gasteiger partial charge on any atom is -0.482 e. The van der Waals surface area contributed by atoms with Gasteiger partial charge in [-0.2, -0.15) is 0 Å². The van der Waals surface area contributed by atoms with Gasteiger partial charge in [0.05, 0.1) is 9.92 Å². The molecule has 1 amide bonds. The molecule has 144 valence electrons. The zero-order valence-corrected chi connectivity index (χ0v) is 16.2. The summed E-state index contributed by atoms with van der Waals surface area (Å²) in [5.74, 6) is -0.0865. The number of rotatable bonds is 7. The Labute approximate surface area is 163 Å². The van der Waals surface area contributed by atoms with Gasteiger partial charge in [0.15, 0.2) is 6.61 Å². The summed E-state index contributed by atoms with van der Waals surface area (Å²) in [6.45, 7) is -0.235. The number of amides is 1. The van der Waals surface area contributed by atoms with Crippen molar-refractivity contribution < 1.29 is 17.9 Å². The Morgan fingerprint density at radius 1 is 1.11 bits per heavy atom. The molecule has 8 heteroatoms. The first-order valence-corrected chi connectivity index (χ1v) is 10.6. The molecule has 1 saturated carbocycles. The van der Waals surface area contributed by atoms with Crippen LogP contribution < -0.4 is 14.8 Å². The molecule has 0 aliphatic heterocycles. The van der Waals surface area contributed by atoms with Crippen LogP contribution in [0.4, 0.5) is 5.69 Å². The van der Waals surface area contributed by atoms with E-state index in [4.69, 9.17) is 16.3 Å². The molecule has 0 bridgehead atoms. The average Bonchev–Trinajstić information content (AvgIpc) is 3.13. The average molecular weight is 409 g/mol. The molecule has 0 atom stereocenters. The Hall–Kier alpha value is -2.09. The second-order valence-electron chi connectivity index (χ2n) is 6.40. The predicted octanol–water partition coefficient (Wildman–Crippen LogP) is 3.58. The van der Waals surface area contributed by atoms with Gasteiger partial charge < -0.3 is 10.1 Å². The predicted molar refractivity (Wildman–Crippen MR) is 105 cm³/mol. The summed E-state index contributed by atoms with van der Waals surface area (Å²) in [4.78, 5) is 12.0. The number of carbonyl (C=O) groups is 1. The van der Waals surface area contributed by atoms with Crippen LogP contribution in [-0.4, -0.2) is 27.0 Å². The fourth-order valence-electron chi connectivity index (χ4n) is 2.96. The van der Waals surface area contributed by atoms with Gasteiger partial charge in [-0.15, -0.1) is 0 Å². The lowest BCUT2D eigenvalue weighted by molar-refractivity contribution is -0.118. The number of carbonyl (C=O) groups excluding carboxylic acids is 1. The van der Waals surface area contributed by atoms with Gasteiger partial charge in [0.1, 0.15) is 5.75 Å². The molecule has 27 heavy (non-hydrogen) atoms. The summed E-state index contributed by atoms with van der Waals surface area (Å²) in [5.41, 5.74) is 0.664. The molecule has 0 aromatic heterocycles. The molecule has 3 rings (SSSR count). The minimum absolute atomic E-state index is 0.0219. The number of para-hydroxylation sites is 1. The van der Waals surface area contributed by atoms with Crippen LogP contribution in [0.3, 0.4) is 0 Å². The van der Waals surface area contributed by atoms with Crippen LogP contribution in [0.25, 0.3) is 0 Å². The van der Waals surface area contributed by atoms with Gasteiger partial charge in [-0.1, -0.05) is 42.6 Å². The maximum absolute atomic E-state index is 12.4. The first-order chi connectivity index (χ1) is 12.9. The number of hydrogen-bond acceptors (Lipinski definition) is 4. The van der Waals surface area contributed by atoms with Crippen molar-refractivity contribution in [2.75, 3.05) is 11.9 Å². The second-order valence-corrected chi connectivity index (χ2v) is 8.52. The van der Waals surface area contributed by atoms with E-state index in [1.807, 2.05) is 18.2 Å². The fraction of sp³-hybridized carbons (Fsp3) is 0.316. The van der Waals surface area contributed by atoms with E-state index in [1.54, 1.807) is 12.1 Å². The summed E-state index contributed by atoms with van der Waals surface area (Å²) >= 11 is 6.15. The van der Waals surface area contributed by atoms with E-state index in [2.05, 4.69) is 10.0 Å². The quantitative estimate of drug-likeness (QED) is 0.733. The first kappa shape index (κ1) is 19.7. The zero-order chi connectivity index (χ0) is 19.3. The number of sulfonamides is 1. The highest BCUT2D eigenvalue weighted by atomic mass is 35.5. The SMILES string of the molecule is O=C(COc1ccc(S(=O)(=O)NC2CCCC2)cc1Cl)Nc1ccccc1. The van der Waals surface area contributed by atoms with E-state index in [-0.39, 0.29) is 34.2 Å². The van der Waals surface area contributed by atoms with E-state index in [1.165, 1.54) is 18.2 Å². The standard InChI is InChI=1S/C19H21ClN2O4S/c20-17-12-16(27(24,25)22-15-8-4-5-9-15)10-11-18(17)26-13-19(23)21-14-6-2-1-3-7-14/h1-3,6-7,10-12,15,22H,4-5,8-9,13H2,(H,21,23). The number of benzene rings is 2. The van der Waals surface area contributed by atoms with Crippen LogP contribution in [-0.2, 0) is 14.8 Å². The van der Waals surface area contributed by atoms with Gasteiger partial charge in [-0.25, -0.2) is 13.1 Å². The molecular weight excluding hydrogens is 388 g/mol. The Morgan fingerprint density at radius 3 is 2.48 bits per heavy atom. The Balaban J connectivity index is 1.60. The van der Waals surface area contributed by atoms with Crippen LogP contribution >= 0.6 is 11.6 Å². The monoisotopic (exact) mass is 408 g/mol. The Morgan fingerprint density at radius 2 is 1.81 bits per heavy atom. The van der Waals surface area contributed by atoms with Crippen molar-refractivity contribution in [1.29, 1.82) is 0 Å². The van der Waals surface area contributed by atoms with Crippen molar-refractivity contribution in [1.82, 2.24) is 4.72 Å². The highest BCUT2D eigenvalue weighted by molar-refractivity contribution is 7.89. The molecule has 0 saturated heterocycles. The number of anilines is 1. The van der Waals surface area contributed by atoms with Crippen molar-refractivity contribution in [3.8, 4) is 5.75 Å². The van der Waals surface area contributed by atoms with Gasteiger partial charge in [0.25, 0.3) is 5.91 Å². The number of ether oxygens (including phenoxy) is 1. The molecule has 1 fully saturated rings. The molecule has 6 nitrogen and oxygen atoms in total. The molecule has 2 N–H and O–H groups in total. The van der Waals surface area contributed by atoms with Crippen molar-refractivity contribution in [2.45, 2.75) is 36.6 Å². The van der Waals surface area contributed by atoms with Gasteiger partial charge in [-0.05, 0) is 43.2 Å². The van der Waals surface area contributed by atoms with Crippen LogP contribution in [0.2, 0.25) is 5.02 Å². The molecular formula is C19H21ClN2O4S. The molecule has 1 aliphatic carbocycles. The van der Waals surface area contributed by atoms with E-state index >= 15 is 0 Å². The number of halogens is 1. The van der Waals surface area contributed by atoms with Gasteiger partial charge in [-0.3, -0.25) is 4.79 Å². The van der Waals surface area contributed by atoms with Gasteiger partial charge in [0, 0.05) is 11.7 Å². The molecule has 2 aromatic carbocycles. The molecule has 2 aromatic rings. The molecule has 0 heterocycles. The lowest BCUT2D eigenvalue weighted by Gasteiger charge is -2.14.